The topological polar surface area (TPSA) is 39.5 Å². The van der Waals surface area contributed by atoms with Crippen molar-refractivity contribution in [2.45, 2.75) is 32.2 Å². The van der Waals surface area contributed by atoms with E-state index in [2.05, 4.69) is 22.8 Å². The Bertz CT molecular complexity index is 231. The molecule has 17 heavy (non-hydrogen) atoms. The van der Waals surface area contributed by atoms with Crippen molar-refractivity contribution >= 4 is 0 Å². The van der Waals surface area contributed by atoms with Gasteiger partial charge in [-0.3, -0.25) is 4.90 Å². The average Bonchev–Trinajstić information content (AvgIpc) is 2.37. The van der Waals surface area contributed by atoms with Gasteiger partial charge in [0.05, 0.1) is 12.1 Å². The molecule has 1 heterocycles. The monoisotopic (exact) mass is 239 g/mol. The third kappa shape index (κ3) is 5.03. The summed E-state index contributed by atoms with van der Waals surface area (Å²) in [5.74, 6) is 0. The molecule has 1 fully saturated rings. The summed E-state index contributed by atoms with van der Waals surface area (Å²) in [6, 6.07) is 2.55. The second-order valence-corrected chi connectivity index (χ2v) is 4.66. The zero-order chi connectivity index (χ0) is 12.5. The van der Waals surface area contributed by atoms with Gasteiger partial charge in [-0.15, -0.1) is 0 Å². The lowest BCUT2D eigenvalue weighted by atomic mass is 10.1. The van der Waals surface area contributed by atoms with Crippen molar-refractivity contribution in [3.8, 4) is 6.07 Å². The van der Waals surface area contributed by atoms with E-state index in [-0.39, 0.29) is 6.04 Å². The molecule has 1 rings (SSSR count). The highest BCUT2D eigenvalue weighted by atomic mass is 16.5. The Morgan fingerprint density at radius 2 is 2.00 bits per heavy atom. The molecule has 0 bridgehead atoms. The predicted molar refractivity (Wildman–Crippen MR) is 68.8 cm³/mol. The zero-order valence-electron chi connectivity index (χ0n) is 11.2. The summed E-state index contributed by atoms with van der Waals surface area (Å²) >= 11 is 0. The van der Waals surface area contributed by atoms with Crippen molar-refractivity contribution in [2.24, 2.45) is 0 Å². The summed E-state index contributed by atoms with van der Waals surface area (Å²) < 4.78 is 5.06. The van der Waals surface area contributed by atoms with Crippen molar-refractivity contribution in [1.82, 2.24) is 9.80 Å². The first-order valence-electron chi connectivity index (χ1n) is 6.66. The summed E-state index contributed by atoms with van der Waals surface area (Å²) in [5.41, 5.74) is 0. The van der Waals surface area contributed by atoms with Crippen molar-refractivity contribution in [1.29, 1.82) is 5.26 Å². The molecule has 0 aliphatic carbocycles. The predicted octanol–water partition coefficient (Wildman–Crippen LogP) is 1.33. The Hall–Kier alpha value is -0.630. The zero-order valence-corrected chi connectivity index (χ0v) is 11.2. The lowest BCUT2D eigenvalue weighted by molar-refractivity contribution is 0.100. The Morgan fingerprint density at radius 1 is 1.29 bits per heavy atom. The molecule has 98 valence electrons. The fraction of sp³-hybridized carbons (Fsp3) is 0.923. The van der Waals surface area contributed by atoms with Gasteiger partial charge in [-0.2, -0.15) is 5.26 Å². The van der Waals surface area contributed by atoms with E-state index in [1.165, 1.54) is 0 Å². The third-order valence-corrected chi connectivity index (χ3v) is 3.38. The minimum absolute atomic E-state index is 0.126. The molecule has 4 nitrogen and oxygen atoms in total. The highest BCUT2D eigenvalue weighted by Crippen LogP contribution is 2.10. The Balaban J connectivity index is 2.23. The van der Waals surface area contributed by atoms with Gasteiger partial charge >= 0.3 is 0 Å². The quantitative estimate of drug-likeness (QED) is 0.628. The minimum atomic E-state index is 0.126. The summed E-state index contributed by atoms with van der Waals surface area (Å²) in [6.07, 6.45) is 3.19. The number of nitriles is 1. The minimum Gasteiger partial charge on any atom is -0.385 e. The number of hydrogen-bond acceptors (Lipinski definition) is 4. The van der Waals surface area contributed by atoms with Gasteiger partial charge in [-0.05, 0) is 12.8 Å². The SMILES string of the molecule is CCCC(C#N)N1CCN(CCCOC)CC1. The Morgan fingerprint density at radius 3 is 2.53 bits per heavy atom. The highest BCUT2D eigenvalue weighted by Gasteiger charge is 2.22. The van der Waals surface area contributed by atoms with E-state index in [4.69, 9.17) is 10.00 Å². The lowest BCUT2D eigenvalue weighted by Gasteiger charge is -2.36. The number of rotatable bonds is 7. The number of hydrogen-bond donors (Lipinski definition) is 0. The molecule has 0 saturated carbocycles. The molecule has 1 saturated heterocycles. The first-order chi connectivity index (χ1) is 8.31. The maximum Gasteiger partial charge on any atom is 0.0978 e. The van der Waals surface area contributed by atoms with E-state index in [0.29, 0.717) is 0 Å². The summed E-state index contributed by atoms with van der Waals surface area (Å²) in [5, 5.41) is 9.13. The van der Waals surface area contributed by atoms with Crippen LogP contribution in [0.3, 0.4) is 0 Å². The largest absolute Gasteiger partial charge is 0.385 e. The van der Waals surface area contributed by atoms with Crippen LogP contribution < -0.4 is 0 Å². The van der Waals surface area contributed by atoms with Gasteiger partial charge in [0.1, 0.15) is 0 Å². The lowest BCUT2D eigenvalue weighted by Crippen LogP contribution is -2.50. The van der Waals surface area contributed by atoms with Crippen LogP contribution in [-0.4, -0.2) is 62.3 Å². The van der Waals surface area contributed by atoms with Gasteiger partial charge < -0.3 is 9.64 Å². The van der Waals surface area contributed by atoms with Crippen molar-refractivity contribution in [3.63, 3.8) is 0 Å². The molecule has 0 radical (unpaired) electrons. The highest BCUT2D eigenvalue weighted by molar-refractivity contribution is 4.93. The van der Waals surface area contributed by atoms with Gasteiger partial charge in [-0.25, -0.2) is 0 Å². The van der Waals surface area contributed by atoms with E-state index >= 15 is 0 Å². The molecule has 0 N–H and O–H groups in total. The van der Waals surface area contributed by atoms with E-state index in [1.54, 1.807) is 7.11 Å². The molecule has 0 aromatic rings. The van der Waals surface area contributed by atoms with Gasteiger partial charge in [-0.1, -0.05) is 13.3 Å². The van der Waals surface area contributed by atoms with E-state index < -0.39 is 0 Å². The molecule has 1 atom stereocenters. The molecule has 0 aromatic carbocycles. The van der Waals surface area contributed by atoms with E-state index in [1.807, 2.05) is 0 Å². The first-order valence-corrected chi connectivity index (χ1v) is 6.66. The summed E-state index contributed by atoms with van der Waals surface area (Å²) in [6.45, 7) is 8.35. The molecule has 4 heteroatoms. The van der Waals surface area contributed by atoms with Crippen LogP contribution >= 0.6 is 0 Å². The van der Waals surface area contributed by atoms with Crippen LogP contribution in [-0.2, 0) is 4.74 Å². The number of methoxy groups -OCH3 is 1. The number of ether oxygens (including phenoxy) is 1. The van der Waals surface area contributed by atoms with Crippen LogP contribution in [0.15, 0.2) is 0 Å². The van der Waals surface area contributed by atoms with Crippen molar-refractivity contribution in [3.05, 3.63) is 0 Å². The van der Waals surface area contributed by atoms with Gasteiger partial charge in [0, 0.05) is 46.4 Å². The second-order valence-electron chi connectivity index (χ2n) is 4.66. The standard InChI is InChI=1S/C13H25N3O/c1-3-5-13(12-14)16-9-7-15(8-10-16)6-4-11-17-2/h13H,3-11H2,1-2H3. The molecule has 0 aromatic heterocycles. The van der Waals surface area contributed by atoms with Crippen LogP contribution in [0.1, 0.15) is 26.2 Å². The second kappa shape index (κ2) is 8.46. The molecule has 1 aliphatic rings. The first kappa shape index (κ1) is 14.4. The van der Waals surface area contributed by atoms with Crippen molar-refractivity contribution < 1.29 is 4.74 Å². The van der Waals surface area contributed by atoms with Crippen LogP contribution in [0.5, 0.6) is 0 Å². The van der Waals surface area contributed by atoms with Gasteiger partial charge in [0.25, 0.3) is 0 Å². The summed E-state index contributed by atoms with van der Waals surface area (Å²) in [4.78, 5) is 4.80. The van der Waals surface area contributed by atoms with E-state index in [9.17, 15) is 0 Å². The number of piperazine rings is 1. The maximum atomic E-state index is 9.13. The Labute approximate surface area is 105 Å². The smallest absolute Gasteiger partial charge is 0.0978 e. The fourth-order valence-corrected chi connectivity index (χ4v) is 2.33. The number of nitrogens with zero attached hydrogens (tertiary/aromatic N) is 3. The summed E-state index contributed by atoms with van der Waals surface area (Å²) in [7, 11) is 1.75. The molecular formula is C13H25N3O. The van der Waals surface area contributed by atoms with E-state index in [0.717, 1.165) is 58.6 Å². The van der Waals surface area contributed by atoms with Crippen LogP contribution in [0.25, 0.3) is 0 Å². The molecule has 1 aliphatic heterocycles. The molecule has 1 unspecified atom stereocenters. The maximum absolute atomic E-state index is 9.13. The average molecular weight is 239 g/mol. The fourth-order valence-electron chi connectivity index (χ4n) is 2.33. The molecule has 0 spiro atoms. The van der Waals surface area contributed by atoms with Crippen LogP contribution in [0.2, 0.25) is 0 Å². The normalized spacial score (nSPS) is 20.1. The van der Waals surface area contributed by atoms with Crippen molar-refractivity contribution in [2.75, 3.05) is 46.4 Å². The van der Waals surface area contributed by atoms with Gasteiger partial charge in [0.15, 0.2) is 0 Å². The molecule has 0 amide bonds. The van der Waals surface area contributed by atoms with Gasteiger partial charge in [0.2, 0.25) is 0 Å². The van der Waals surface area contributed by atoms with Crippen LogP contribution in [0.4, 0.5) is 0 Å². The Kier molecular flexibility index (Phi) is 7.18. The molecular weight excluding hydrogens is 214 g/mol. The van der Waals surface area contributed by atoms with Crippen LogP contribution in [0, 0.1) is 11.3 Å². The third-order valence-electron chi connectivity index (χ3n) is 3.38.